The van der Waals surface area contributed by atoms with E-state index in [0.717, 1.165) is 0 Å². The molecule has 20 heavy (non-hydrogen) atoms. The summed E-state index contributed by atoms with van der Waals surface area (Å²) >= 11 is 3.28. The van der Waals surface area contributed by atoms with E-state index >= 15 is 0 Å². The molecule has 2 atom stereocenters. The number of rotatable bonds is 4. The van der Waals surface area contributed by atoms with Crippen LogP contribution in [0.2, 0.25) is 0 Å². The number of carbonyl (C=O) groups excluding carboxylic acids is 1. The van der Waals surface area contributed by atoms with Crippen LogP contribution in [0, 0.1) is 0 Å². The molecule has 1 aromatic rings. The van der Waals surface area contributed by atoms with E-state index in [-0.39, 0.29) is 0 Å². The van der Waals surface area contributed by atoms with Gasteiger partial charge in [0.1, 0.15) is 5.60 Å². The Bertz CT molecular complexity index is 536. The number of esters is 1. The van der Waals surface area contributed by atoms with Gasteiger partial charge < -0.3 is 9.84 Å². The van der Waals surface area contributed by atoms with Gasteiger partial charge in [0.25, 0.3) is 0 Å². The zero-order chi connectivity index (χ0) is 15.3. The number of aliphatic hydroxyl groups excluding tert-OH is 1. The zero-order valence-electron chi connectivity index (χ0n) is 11.4. The van der Waals surface area contributed by atoms with Gasteiger partial charge in [-0.3, -0.25) is 4.79 Å². The summed E-state index contributed by atoms with van der Waals surface area (Å²) in [6.07, 6.45) is -1.28. The molecule has 0 aliphatic carbocycles. The van der Waals surface area contributed by atoms with Gasteiger partial charge in [-0.25, -0.2) is 0 Å². The molecule has 0 aromatic heterocycles. The highest BCUT2D eigenvalue weighted by molar-refractivity contribution is 9.10. The first-order valence-electron chi connectivity index (χ1n) is 5.96. The molecule has 0 amide bonds. The molecule has 0 aliphatic heterocycles. The molecule has 108 valence electrons. The lowest BCUT2D eigenvalue weighted by molar-refractivity contribution is -0.159. The number of benzene rings is 1. The second-order valence-electron chi connectivity index (χ2n) is 5.15. The van der Waals surface area contributed by atoms with E-state index in [4.69, 9.17) is 10.3 Å². The van der Waals surface area contributed by atoms with Crippen molar-refractivity contribution in [3.8, 4) is 0 Å². The second-order valence-corrected chi connectivity index (χ2v) is 6.00. The molecular formula is C13H16BrN3O3. The van der Waals surface area contributed by atoms with Crippen LogP contribution in [0.25, 0.3) is 10.4 Å². The maximum Gasteiger partial charge on any atom is 0.318 e. The molecule has 1 N–H and O–H groups in total. The van der Waals surface area contributed by atoms with E-state index in [2.05, 4.69) is 26.0 Å². The fourth-order valence-electron chi connectivity index (χ4n) is 1.54. The highest BCUT2D eigenvalue weighted by Gasteiger charge is 2.32. The fraction of sp³-hybridized carbons (Fsp3) is 0.462. The van der Waals surface area contributed by atoms with Crippen molar-refractivity contribution in [2.45, 2.75) is 38.5 Å². The summed E-state index contributed by atoms with van der Waals surface area (Å²) in [4.78, 5) is 14.6. The summed E-state index contributed by atoms with van der Waals surface area (Å²) in [5.41, 5.74) is 8.30. The standard InChI is InChI=1S/C13H16BrN3O3/c1-13(2,3)20-12(19)10(16-17-15)11(18)8-6-4-5-7-9(8)14/h4-7,10-11,18H,1-3H3/t10-,11-/m0/s1. The number of carbonyl (C=O) groups is 1. The third-order valence-electron chi connectivity index (χ3n) is 2.35. The Hall–Kier alpha value is -1.56. The third-order valence-corrected chi connectivity index (χ3v) is 3.07. The minimum atomic E-state index is -1.34. The number of hydrogen-bond acceptors (Lipinski definition) is 4. The molecule has 0 saturated heterocycles. The van der Waals surface area contributed by atoms with Gasteiger partial charge in [0.05, 0.1) is 6.10 Å². The quantitative estimate of drug-likeness (QED) is 0.392. The average Bonchev–Trinajstić information content (AvgIpc) is 2.33. The number of ether oxygens (including phenoxy) is 1. The summed E-state index contributed by atoms with van der Waals surface area (Å²) in [6, 6.07) is 5.51. The van der Waals surface area contributed by atoms with Gasteiger partial charge in [-0.2, -0.15) is 0 Å². The number of hydrogen-bond donors (Lipinski definition) is 1. The summed E-state index contributed by atoms with van der Waals surface area (Å²) in [5.74, 6) is -0.765. The van der Waals surface area contributed by atoms with Crippen molar-refractivity contribution in [2.75, 3.05) is 0 Å². The van der Waals surface area contributed by atoms with E-state index in [9.17, 15) is 9.90 Å². The van der Waals surface area contributed by atoms with Crippen LogP contribution in [-0.4, -0.2) is 22.7 Å². The Morgan fingerprint density at radius 3 is 2.55 bits per heavy atom. The Morgan fingerprint density at radius 1 is 1.45 bits per heavy atom. The second kappa shape index (κ2) is 6.74. The Morgan fingerprint density at radius 2 is 2.05 bits per heavy atom. The summed E-state index contributed by atoms with van der Waals surface area (Å²) in [5, 5.41) is 13.6. The predicted octanol–water partition coefficient (Wildman–Crippen LogP) is 3.50. The van der Waals surface area contributed by atoms with Gasteiger partial charge in [-0.05, 0) is 37.9 Å². The molecule has 0 unspecified atom stereocenters. The van der Waals surface area contributed by atoms with Crippen LogP contribution in [0.4, 0.5) is 0 Å². The molecule has 0 aliphatic rings. The van der Waals surface area contributed by atoms with Crippen LogP contribution in [0.1, 0.15) is 32.4 Å². The molecule has 6 nitrogen and oxygen atoms in total. The van der Waals surface area contributed by atoms with Crippen molar-refractivity contribution in [3.63, 3.8) is 0 Å². The first-order chi connectivity index (χ1) is 9.26. The number of nitrogens with zero attached hydrogens (tertiary/aromatic N) is 3. The average molecular weight is 342 g/mol. The minimum Gasteiger partial charge on any atom is -0.460 e. The Kier molecular flexibility index (Phi) is 5.56. The van der Waals surface area contributed by atoms with E-state index in [0.29, 0.717) is 10.0 Å². The largest absolute Gasteiger partial charge is 0.460 e. The van der Waals surface area contributed by atoms with Gasteiger partial charge in [0.2, 0.25) is 0 Å². The first kappa shape index (κ1) is 16.5. The molecule has 0 saturated carbocycles. The van der Waals surface area contributed by atoms with Crippen LogP contribution >= 0.6 is 15.9 Å². The van der Waals surface area contributed by atoms with Crippen molar-refractivity contribution in [1.29, 1.82) is 0 Å². The van der Waals surface area contributed by atoms with E-state index in [1.165, 1.54) is 0 Å². The minimum absolute atomic E-state index is 0.454. The zero-order valence-corrected chi connectivity index (χ0v) is 13.0. The van der Waals surface area contributed by atoms with E-state index in [1.807, 2.05) is 0 Å². The number of halogens is 1. The lowest BCUT2D eigenvalue weighted by Gasteiger charge is -2.24. The molecule has 1 aromatic carbocycles. The van der Waals surface area contributed by atoms with Crippen LogP contribution in [-0.2, 0) is 9.53 Å². The van der Waals surface area contributed by atoms with Crippen LogP contribution in [0.3, 0.4) is 0 Å². The molecule has 0 spiro atoms. The highest BCUT2D eigenvalue weighted by Crippen LogP contribution is 2.28. The third kappa shape index (κ3) is 4.52. The molecule has 0 radical (unpaired) electrons. The predicted molar refractivity (Wildman–Crippen MR) is 77.9 cm³/mol. The Labute approximate surface area is 125 Å². The molecule has 0 heterocycles. The SMILES string of the molecule is CC(C)(C)OC(=O)[C@@H](N=[N+]=[N-])[C@@H](O)c1ccccc1Br. The highest BCUT2D eigenvalue weighted by atomic mass is 79.9. The maximum atomic E-state index is 12.0. The lowest BCUT2D eigenvalue weighted by atomic mass is 10.0. The van der Waals surface area contributed by atoms with Gasteiger partial charge in [0, 0.05) is 9.38 Å². The van der Waals surface area contributed by atoms with Crippen molar-refractivity contribution >= 4 is 21.9 Å². The number of azide groups is 1. The van der Waals surface area contributed by atoms with Gasteiger partial charge in [-0.15, -0.1) is 0 Å². The fourth-order valence-corrected chi connectivity index (χ4v) is 2.06. The van der Waals surface area contributed by atoms with Gasteiger partial charge >= 0.3 is 5.97 Å². The smallest absolute Gasteiger partial charge is 0.318 e. The summed E-state index contributed by atoms with van der Waals surface area (Å²) in [7, 11) is 0. The molecule has 7 heteroatoms. The molecule has 1 rings (SSSR count). The van der Waals surface area contributed by atoms with Crippen molar-refractivity contribution in [3.05, 3.63) is 44.7 Å². The number of aliphatic hydroxyl groups is 1. The molecule has 0 bridgehead atoms. The van der Waals surface area contributed by atoms with E-state index < -0.39 is 23.7 Å². The first-order valence-corrected chi connectivity index (χ1v) is 6.75. The van der Waals surface area contributed by atoms with Crippen LogP contribution in [0.15, 0.2) is 33.9 Å². The van der Waals surface area contributed by atoms with Gasteiger partial charge in [0.15, 0.2) is 6.04 Å². The normalized spacial score (nSPS) is 14.1. The van der Waals surface area contributed by atoms with Crippen molar-refractivity contribution < 1.29 is 14.6 Å². The summed E-state index contributed by atoms with van der Waals surface area (Å²) in [6.45, 7) is 5.09. The van der Waals surface area contributed by atoms with Crippen LogP contribution in [0.5, 0.6) is 0 Å². The van der Waals surface area contributed by atoms with Crippen molar-refractivity contribution in [2.24, 2.45) is 5.11 Å². The van der Waals surface area contributed by atoms with E-state index in [1.54, 1.807) is 45.0 Å². The molecular weight excluding hydrogens is 326 g/mol. The lowest BCUT2D eigenvalue weighted by Crippen LogP contribution is -2.34. The van der Waals surface area contributed by atoms with Gasteiger partial charge in [-0.1, -0.05) is 39.2 Å². The Balaban J connectivity index is 3.05. The summed E-state index contributed by atoms with van der Waals surface area (Å²) < 4.78 is 5.78. The molecule has 0 fully saturated rings. The topological polar surface area (TPSA) is 95.3 Å². The monoisotopic (exact) mass is 341 g/mol. The maximum absolute atomic E-state index is 12.0. The van der Waals surface area contributed by atoms with Crippen molar-refractivity contribution in [1.82, 2.24) is 0 Å². The van der Waals surface area contributed by atoms with Crippen LogP contribution < -0.4 is 0 Å².